The number of nitrogens with one attached hydrogen (secondary N) is 1. The van der Waals surface area contributed by atoms with E-state index >= 15 is 0 Å². The van der Waals surface area contributed by atoms with Crippen molar-refractivity contribution in [2.24, 2.45) is 5.92 Å². The number of amides is 1. The molecular formula is C17H20BrN3O2. The van der Waals surface area contributed by atoms with Crippen LogP contribution in [0.5, 0.6) is 0 Å². The zero-order valence-corrected chi connectivity index (χ0v) is 15.3. The quantitative estimate of drug-likeness (QED) is 0.807. The average molecular weight is 378 g/mol. The first-order chi connectivity index (χ1) is 10.8. The molecule has 0 spiro atoms. The first kappa shape index (κ1) is 17.4. The summed E-state index contributed by atoms with van der Waals surface area (Å²) in [6, 6.07) is 6.89. The average Bonchev–Trinajstić information content (AvgIpc) is 2.75. The number of rotatable bonds is 5. The van der Waals surface area contributed by atoms with Gasteiger partial charge >= 0.3 is 0 Å². The van der Waals surface area contributed by atoms with E-state index < -0.39 is 0 Å². The van der Waals surface area contributed by atoms with Gasteiger partial charge < -0.3 is 5.32 Å². The van der Waals surface area contributed by atoms with E-state index in [1.807, 2.05) is 25.5 Å². The van der Waals surface area contributed by atoms with E-state index in [1.165, 1.54) is 6.92 Å². The van der Waals surface area contributed by atoms with Crippen molar-refractivity contribution in [3.8, 4) is 0 Å². The zero-order valence-electron chi connectivity index (χ0n) is 13.7. The van der Waals surface area contributed by atoms with E-state index in [1.54, 1.807) is 24.3 Å². The molecule has 23 heavy (non-hydrogen) atoms. The summed E-state index contributed by atoms with van der Waals surface area (Å²) in [6.45, 7) is 7.78. The molecule has 0 radical (unpaired) electrons. The van der Waals surface area contributed by atoms with Crippen LogP contribution in [0.4, 0.5) is 5.69 Å². The van der Waals surface area contributed by atoms with Gasteiger partial charge in [-0.15, -0.1) is 0 Å². The summed E-state index contributed by atoms with van der Waals surface area (Å²) in [6.07, 6.45) is 0. The fourth-order valence-corrected chi connectivity index (χ4v) is 2.53. The lowest BCUT2D eigenvalue weighted by molar-refractivity contribution is -0.119. The van der Waals surface area contributed by atoms with Crippen LogP contribution in [-0.4, -0.2) is 21.5 Å². The van der Waals surface area contributed by atoms with Crippen molar-refractivity contribution in [3.63, 3.8) is 0 Å². The molecule has 1 amide bonds. The standard InChI is InChI=1S/C17H20BrN3O2/c1-10(9-21-12(3)16(18)11(2)20-21)17(23)19-15-7-5-14(6-8-15)13(4)22/h5-8,10H,9H2,1-4H3,(H,19,23)/t10-/m0/s1. The molecule has 0 unspecified atom stereocenters. The highest BCUT2D eigenvalue weighted by Crippen LogP contribution is 2.21. The molecule has 1 N–H and O–H groups in total. The maximum atomic E-state index is 12.3. The van der Waals surface area contributed by atoms with Gasteiger partial charge in [0.15, 0.2) is 5.78 Å². The minimum absolute atomic E-state index is 0.00588. The van der Waals surface area contributed by atoms with E-state index in [2.05, 4.69) is 26.3 Å². The van der Waals surface area contributed by atoms with E-state index in [0.717, 1.165) is 15.9 Å². The summed E-state index contributed by atoms with van der Waals surface area (Å²) in [4.78, 5) is 23.6. The van der Waals surface area contributed by atoms with Crippen LogP contribution >= 0.6 is 15.9 Å². The number of benzene rings is 1. The van der Waals surface area contributed by atoms with Crippen molar-refractivity contribution in [2.45, 2.75) is 34.2 Å². The number of nitrogens with zero attached hydrogens (tertiary/aromatic N) is 2. The van der Waals surface area contributed by atoms with Crippen LogP contribution in [-0.2, 0) is 11.3 Å². The predicted molar refractivity (Wildman–Crippen MR) is 93.6 cm³/mol. The van der Waals surface area contributed by atoms with Crippen molar-refractivity contribution < 1.29 is 9.59 Å². The third-order valence-corrected chi connectivity index (χ3v) is 4.89. The molecule has 5 nitrogen and oxygen atoms in total. The Labute approximate surface area is 144 Å². The van der Waals surface area contributed by atoms with Crippen LogP contribution in [0.1, 0.15) is 35.6 Å². The molecule has 0 saturated heterocycles. The molecule has 1 aromatic carbocycles. The Bertz CT molecular complexity index is 735. The topological polar surface area (TPSA) is 64.0 Å². The molecule has 2 rings (SSSR count). The number of ketones is 1. The highest BCUT2D eigenvalue weighted by atomic mass is 79.9. The number of anilines is 1. The molecule has 0 saturated carbocycles. The van der Waals surface area contributed by atoms with Crippen LogP contribution in [0.15, 0.2) is 28.7 Å². The smallest absolute Gasteiger partial charge is 0.229 e. The summed E-state index contributed by atoms with van der Waals surface area (Å²) >= 11 is 3.49. The number of hydrogen-bond donors (Lipinski definition) is 1. The molecule has 0 aliphatic heterocycles. The second-order valence-electron chi connectivity index (χ2n) is 5.69. The molecule has 2 aromatic rings. The van der Waals surface area contributed by atoms with Crippen molar-refractivity contribution >= 4 is 33.3 Å². The maximum absolute atomic E-state index is 12.3. The fourth-order valence-electron chi connectivity index (χ4n) is 2.25. The maximum Gasteiger partial charge on any atom is 0.229 e. The van der Waals surface area contributed by atoms with Crippen molar-refractivity contribution in [3.05, 3.63) is 45.7 Å². The highest BCUT2D eigenvalue weighted by Gasteiger charge is 2.17. The molecule has 6 heteroatoms. The number of Topliss-reactive ketones (excluding diaryl/α,β-unsaturated/α-hetero) is 1. The van der Waals surface area contributed by atoms with Gasteiger partial charge in [0.2, 0.25) is 5.91 Å². The van der Waals surface area contributed by atoms with Crippen LogP contribution in [0.2, 0.25) is 0 Å². The van der Waals surface area contributed by atoms with Gasteiger partial charge in [-0.05, 0) is 61.0 Å². The largest absolute Gasteiger partial charge is 0.326 e. The Hall–Kier alpha value is -1.95. The molecule has 1 heterocycles. The van der Waals surface area contributed by atoms with Crippen molar-refractivity contribution in [1.82, 2.24) is 9.78 Å². The Morgan fingerprint density at radius 2 is 1.87 bits per heavy atom. The van der Waals surface area contributed by atoms with Gasteiger partial charge in [0.05, 0.1) is 22.6 Å². The number of hydrogen-bond acceptors (Lipinski definition) is 3. The first-order valence-corrected chi connectivity index (χ1v) is 8.20. The lowest BCUT2D eigenvalue weighted by atomic mass is 10.1. The van der Waals surface area contributed by atoms with Gasteiger partial charge in [-0.3, -0.25) is 14.3 Å². The Kier molecular flexibility index (Phi) is 5.36. The van der Waals surface area contributed by atoms with E-state index in [4.69, 9.17) is 0 Å². The summed E-state index contributed by atoms with van der Waals surface area (Å²) in [5, 5.41) is 7.29. The third-order valence-electron chi connectivity index (χ3n) is 3.75. The third kappa shape index (κ3) is 4.07. The fraction of sp³-hybridized carbons (Fsp3) is 0.353. The van der Waals surface area contributed by atoms with E-state index in [9.17, 15) is 9.59 Å². The normalized spacial score (nSPS) is 12.0. The number of carbonyl (C=O) groups excluding carboxylic acids is 2. The first-order valence-electron chi connectivity index (χ1n) is 7.41. The number of halogens is 1. The molecule has 1 aromatic heterocycles. The monoisotopic (exact) mass is 377 g/mol. The number of aromatic nitrogens is 2. The summed E-state index contributed by atoms with van der Waals surface area (Å²) in [5.41, 5.74) is 3.23. The SMILES string of the molecule is CC(=O)c1ccc(NC(=O)[C@@H](C)Cn2nc(C)c(Br)c2C)cc1. The molecule has 1 atom stereocenters. The summed E-state index contributed by atoms with van der Waals surface area (Å²) in [7, 11) is 0. The highest BCUT2D eigenvalue weighted by molar-refractivity contribution is 9.10. The van der Waals surface area contributed by atoms with Crippen LogP contribution in [0, 0.1) is 19.8 Å². The lowest BCUT2D eigenvalue weighted by Crippen LogP contribution is -2.25. The van der Waals surface area contributed by atoms with Crippen LogP contribution in [0.3, 0.4) is 0 Å². The second kappa shape index (κ2) is 7.08. The number of aryl methyl sites for hydroxylation is 1. The minimum atomic E-state index is -0.229. The van der Waals surface area contributed by atoms with Crippen LogP contribution < -0.4 is 5.32 Å². The molecular weight excluding hydrogens is 358 g/mol. The van der Waals surface area contributed by atoms with Gasteiger partial charge in [0.1, 0.15) is 0 Å². The van der Waals surface area contributed by atoms with Crippen LogP contribution in [0.25, 0.3) is 0 Å². The Morgan fingerprint density at radius 1 is 1.26 bits per heavy atom. The lowest BCUT2D eigenvalue weighted by Gasteiger charge is -2.13. The summed E-state index contributed by atoms with van der Waals surface area (Å²) < 4.78 is 2.81. The Morgan fingerprint density at radius 3 is 2.35 bits per heavy atom. The van der Waals surface area contributed by atoms with E-state index in [-0.39, 0.29) is 17.6 Å². The van der Waals surface area contributed by atoms with Gasteiger partial charge in [-0.25, -0.2) is 0 Å². The predicted octanol–water partition coefficient (Wildman–Crippen LogP) is 3.74. The number of carbonyl (C=O) groups is 2. The van der Waals surface area contributed by atoms with Gasteiger partial charge in [0.25, 0.3) is 0 Å². The van der Waals surface area contributed by atoms with Crippen molar-refractivity contribution in [2.75, 3.05) is 5.32 Å². The van der Waals surface area contributed by atoms with E-state index in [0.29, 0.717) is 17.8 Å². The summed E-state index contributed by atoms with van der Waals surface area (Å²) in [5.74, 6) is -0.303. The second-order valence-corrected chi connectivity index (χ2v) is 6.48. The van der Waals surface area contributed by atoms with Gasteiger partial charge in [-0.1, -0.05) is 6.92 Å². The molecule has 0 fully saturated rings. The van der Waals surface area contributed by atoms with Crippen molar-refractivity contribution in [1.29, 1.82) is 0 Å². The van der Waals surface area contributed by atoms with Gasteiger partial charge in [0, 0.05) is 16.9 Å². The molecule has 122 valence electrons. The Balaban J connectivity index is 2.02. The zero-order chi connectivity index (χ0) is 17.1. The van der Waals surface area contributed by atoms with Gasteiger partial charge in [-0.2, -0.15) is 5.10 Å². The minimum Gasteiger partial charge on any atom is -0.326 e. The molecule has 0 aliphatic rings. The molecule has 0 bridgehead atoms. The molecule has 0 aliphatic carbocycles.